The van der Waals surface area contributed by atoms with Crippen molar-refractivity contribution >= 4 is 11.9 Å². The van der Waals surface area contributed by atoms with Crippen LogP contribution in [-0.4, -0.2) is 75.4 Å². The second kappa shape index (κ2) is 11.4. The first-order valence-electron chi connectivity index (χ1n) is 10.1. The molecule has 2 aliphatic heterocycles. The van der Waals surface area contributed by atoms with Gasteiger partial charge in [-0.15, -0.1) is 0 Å². The van der Waals surface area contributed by atoms with E-state index in [-0.39, 0.29) is 17.9 Å². The normalized spacial score (nSPS) is 23.7. The lowest BCUT2D eigenvalue weighted by Crippen LogP contribution is -2.45. The maximum atomic E-state index is 12.1. The zero-order chi connectivity index (χ0) is 18.8. The number of hydrogen-bond acceptors (Lipinski definition) is 4. The van der Waals surface area contributed by atoms with Gasteiger partial charge >= 0.3 is 0 Å². The van der Waals surface area contributed by atoms with Gasteiger partial charge in [0.15, 0.2) is 5.96 Å². The number of aliphatic imine (C=N–C) groups is 1. The van der Waals surface area contributed by atoms with Gasteiger partial charge in [0.05, 0.1) is 13.2 Å². The van der Waals surface area contributed by atoms with Gasteiger partial charge in [0.2, 0.25) is 5.91 Å². The molecule has 2 unspecified atom stereocenters. The molecular weight excluding hydrogens is 332 g/mol. The van der Waals surface area contributed by atoms with E-state index in [1.54, 1.807) is 0 Å². The third-order valence-electron chi connectivity index (χ3n) is 4.77. The predicted molar refractivity (Wildman–Crippen MR) is 103 cm³/mol. The van der Waals surface area contributed by atoms with Gasteiger partial charge in [-0.05, 0) is 26.2 Å². The van der Waals surface area contributed by atoms with Crippen LogP contribution in [0.25, 0.3) is 0 Å². The molecule has 1 amide bonds. The van der Waals surface area contributed by atoms with Crippen LogP contribution in [0.1, 0.15) is 40.0 Å². The number of rotatable bonds is 9. The van der Waals surface area contributed by atoms with Crippen molar-refractivity contribution in [2.24, 2.45) is 16.8 Å². The third kappa shape index (κ3) is 7.11. The van der Waals surface area contributed by atoms with Gasteiger partial charge < -0.3 is 25.0 Å². The fraction of sp³-hybridized carbons (Fsp3) is 0.895. The van der Waals surface area contributed by atoms with Crippen LogP contribution >= 0.6 is 0 Å². The summed E-state index contributed by atoms with van der Waals surface area (Å²) in [4.78, 5) is 18.7. The Morgan fingerprint density at radius 1 is 1.38 bits per heavy atom. The Hall–Kier alpha value is -1.34. The largest absolute Gasteiger partial charge is 0.381 e. The molecular formula is C19H36N4O3. The molecule has 0 bridgehead atoms. The molecule has 0 aromatic rings. The molecule has 0 aliphatic carbocycles. The van der Waals surface area contributed by atoms with Crippen molar-refractivity contribution in [2.75, 3.05) is 52.6 Å². The molecule has 2 atom stereocenters. The van der Waals surface area contributed by atoms with Gasteiger partial charge in [-0.3, -0.25) is 9.79 Å². The molecule has 2 heterocycles. The van der Waals surface area contributed by atoms with Crippen molar-refractivity contribution in [2.45, 2.75) is 46.1 Å². The molecule has 2 rings (SSSR count). The number of hydrogen-bond donors (Lipinski definition) is 2. The Morgan fingerprint density at radius 3 is 2.92 bits per heavy atom. The van der Waals surface area contributed by atoms with E-state index in [0.717, 1.165) is 77.8 Å². The second-order valence-electron chi connectivity index (χ2n) is 7.49. The molecule has 0 aromatic carbocycles. The number of nitrogens with one attached hydrogen (secondary N) is 2. The quantitative estimate of drug-likeness (QED) is 0.364. The van der Waals surface area contributed by atoms with Gasteiger partial charge in [0, 0.05) is 57.3 Å². The average Bonchev–Trinajstić information content (AvgIpc) is 3.29. The summed E-state index contributed by atoms with van der Waals surface area (Å²) in [6, 6.07) is 0.272. The summed E-state index contributed by atoms with van der Waals surface area (Å²) in [5, 5.41) is 6.75. The molecule has 0 spiro atoms. The highest BCUT2D eigenvalue weighted by molar-refractivity contribution is 5.81. The Bertz CT molecular complexity index is 450. The topological polar surface area (TPSA) is 75.2 Å². The number of ether oxygens (including phenoxy) is 2. The highest BCUT2D eigenvalue weighted by Gasteiger charge is 2.27. The van der Waals surface area contributed by atoms with Gasteiger partial charge in [0.1, 0.15) is 0 Å². The van der Waals surface area contributed by atoms with Crippen molar-refractivity contribution in [3.05, 3.63) is 0 Å². The maximum absolute atomic E-state index is 12.1. The molecule has 0 saturated carbocycles. The molecule has 2 fully saturated rings. The van der Waals surface area contributed by atoms with Crippen LogP contribution < -0.4 is 10.6 Å². The van der Waals surface area contributed by atoms with E-state index < -0.39 is 0 Å². The van der Waals surface area contributed by atoms with Crippen molar-refractivity contribution < 1.29 is 14.3 Å². The summed E-state index contributed by atoms with van der Waals surface area (Å²) in [5.74, 6) is 1.70. The lowest BCUT2D eigenvalue weighted by Gasteiger charge is -2.20. The van der Waals surface area contributed by atoms with Crippen LogP contribution in [-0.2, 0) is 14.3 Å². The molecule has 7 heteroatoms. The van der Waals surface area contributed by atoms with E-state index in [1.807, 2.05) is 18.7 Å². The van der Waals surface area contributed by atoms with Crippen LogP contribution in [0.5, 0.6) is 0 Å². The molecule has 26 heavy (non-hydrogen) atoms. The van der Waals surface area contributed by atoms with Crippen molar-refractivity contribution in [3.8, 4) is 0 Å². The lowest BCUT2D eigenvalue weighted by molar-refractivity contribution is -0.133. The highest BCUT2D eigenvalue weighted by atomic mass is 16.5. The van der Waals surface area contributed by atoms with E-state index in [1.165, 1.54) is 0 Å². The number of likely N-dealkylation sites (tertiary alicyclic amines) is 1. The number of nitrogens with zero attached hydrogens (tertiary/aromatic N) is 2. The van der Waals surface area contributed by atoms with Crippen molar-refractivity contribution in [1.82, 2.24) is 15.5 Å². The van der Waals surface area contributed by atoms with E-state index in [9.17, 15) is 4.79 Å². The predicted octanol–water partition coefficient (Wildman–Crippen LogP) is 1.24. The number of carbonyl (C=O) groups is 1. The highest BCUT2D eigenvalue weighted by Crippen LogP contribution is 2.13. The Balaban J connectivity index is 1.65. The molecule has 7 nitrogen and oxygen atoms in total. The Morgan fingerprint density at radius 2 is 2.23 bits per heavy atom. The van der Waals surface area contributed by atoms with Gasteiger partial charge in [-0.1, -0.05) is 13.8 Å². The fourth-order valence-electron chi connectivity index (χ4n) is 3.28. The molecule has 0 radical (unpaired) electrons. The summed E-state index contributed by atoms with van der Waals surface area (Å²) in [7, 11) is 0. The van der Waals surface area contributed by atoms with Gasteiger partial charge in [-0.2, -0.15) is 0 Å². The van der Waals surface area contributed by atoms with E-state index in [0.29, 0.717) is 5.92 Å². The SMILES string of the molecule is CCNC(=NCCCOCC1CCOC1)NC1CCN(C(=O)C(C)C)C1. The second-order valence-corrected chi connectivity index (χ2v) is 7.49. The van der Waals surface area contributed by atoms with Gasteiger partial charge in [-0.25, -0.2) is 0 Å². The summed E-state index contributed by atoms with van der Waals surface area (Å²) in [5.41, 5.74) is 0. The molecule has 2 N–H and O–H groups in total. The molecule has 0 aromatic heterocycles. The molecule has 150 valence electrons. The first kappa shape index (κ1) is 21.0. The zero-order valence-corrected chi connectivity index (χ0v) is 16.6. The lowest BCUT2D eigenvalue weighted by atomic mass is 10.1. The summed E-state index contributed by atoms with van der Waals surface area (Å²) >= 11 is 0. The maximum Gasteiger partial charge on any atom is 0.225 e. The van der Waals surface area contributed by atoms with E-state index in [2.05, 4.69) is 22.5 Å². The van der Waals surface area contributed by atoms with E-state index >= 15 is 0 Å². The van der Waals surface area contributed by atoms with Crippen LogP contribution in [0.15, 0.2) is 4.99 Å². The average molecular weight is 369 g/mol. The van der Waals surface area contributed by atoms with Crippen molar-refractivity contribution in [1.29, 1.82) is 0 Å². The standard InChI is InChI=1S/C19H36N4O3/c1-4-20-19(21-8-5-10-25-13-16-7-11-26-14-16)22-17-6-9-23(12-17)18(24)15(2)3/h15-17H,4-14H2,1-3H3,(H2,20,21,22). The first-order valence-corrected chi connectivity index (χ1v) is 10.1. The summed E-state index contributed by atoms with van der Waals surface area (Å²) < 4.78 is 11.1. The monoisotopic (exact) mass is 368 g/mol. The Labute approximate surface area is 157 Å². The number of carbonyl (C=O) groups excluding carboxylic acids is 1. The van der Waals surface area contributed by atoms with Crippen LogP contribution in [0.2, 0.25) is 0 Å². The summed E-state index contributed by atoms with van der Waals surface area (Å²) in [6.45, 7) is 12.4. The molecule has 2 saturated heterocycles. The first-order chi connectivity index (χ1) is 12.6. The summed E-state index contributed by atoms with van der Waals surface area (Å²) in [6.07, 6.45) is 2.99. The minimum atomic E-state index is 0.0615. The Kier molecular flexibility index (Phi) is 9.18. The minimum absolute atomic E-state index is 0.0615. The smallest absolute Gasteiger partial charge is 0.225 e. The van der Waals surface area contributed by atoms with Crippen LogP contribution in [0, 0.1) is 11.8 Å². The van der Waals surface area contributed by atoms with Crippen molar-refractivity contribution in [3.63, 3.8) is 0 Å². The number of amides is 1. The van der Waals surface area contributed by atoms with Crippen LogP contribution in [0.3, 0.4) is 0 Å². The minimum Gasteiger partial charge on any atom is -0.381 e. The molecule has 2 aliphatic rings. The van der Waals surface area contributed by atoms with Gasteiger partial charge in [0.25, 0.3) is 0 Å². The fourth-order valence-corrected chi connectivity index (χ4v) is 3.28. The number of guanidine groups is 1. The van der Waals surface area contributed by atoms with Crippen LogP contribution in [0.4, 0.5) is 0 Å². The zero-order valence-electron chi connectivity index (χ0n) is 16.6. The third-order valence-corrected chi connectivity index (χ3v) is 4.77. The van der Waals surface area contributed by atoms with E-state index in [4.69, 9.17) is 9.47 Å².